The summed E-state index contributed by atoms with van der Waals surface area (Å²) in [7, 11) is 0. The number of carbonyl (C=O) groups excluding carboxylic acids is 3. The lowest BCUT2D eigenvalue weighted by Gasteiger charge is -2.33. The summed E-state index contributed by atoms with van der Waals surface area (Å²) in [6.45, 7) is 2.61. The molecular weight excluding hydrogens is 366 g/mol. The smallest absolute Gasteiger partial charge is 0.253 e. The van der Waals surface area contributed by atoms with E-state index in [1.807, 2.05) is 65.6 Å². The predicted molar refractivity (Wildman–Crippen MR) is 111 cm³/mol. The molecule has 3 rings (SSSR count). The van der Waals surface area contributed by atoms with Crippen LogP contribution in [0.15, 0.2) is 60.7 Å². The molecule has 1 aliphatic rings. The zero-order chi connectivity index (χ0) is 20.6. The van der Waals surface area contributed by atoms with Gasteiger partial charge in [0, 0.05) is 38.0 Å². The summed E-state index contributed by atoms with van der Waals surface area (Å²) in [5, 5.41) is 5.80. The van der Waals surface area contributed by atoms with Crippen LogP contribution in [-0.4, -0.2) is 47.8 Å². The number of likely N-dealkylation sites (tertiary alicyclic amines) is 1. The molecule has 0 spiro atoms. The van der Waals surface area contributed by atoms with E-state index in [0.717, 1.165) is 5.56 Å². The highest BCUT2D eigenvalue weighted by atomic mass is 16.2. The molecule has 1 atom stereocenters. The van der Waals surface area contributed by atoms with Crippen LogP contribution in [0.4, 0.5) is 0 Å². The molecule has 3 amide bonds. The Labute approximate surface area is 171 Å². The van der Waals surface area contributed by atoms with Gasteiger partial charge in [0.05, 0.1) is 0 Å². The van der Waals surface area contributed by atoms with Crippen LogP contribution in [0.2, 0.25) is 0 Å². The number of nitrogens with zero attached hydrogens (tertiary/aromatic N) is 1. The molecule has 1 aliphatic heterocycles. The summed E-state index contributed by atoms with van der Waals surface area (Å²) in [6, 6.07) is 18.2. The van der Waals surface area contributed by atoms with Gasteiger partial charge in [-0.1, -0.05) is 48.5 Å². The monoisotopic (exact) mass is 393 g/mol. The van der Waals surface area contributed by atoms with Crippen molar-refractivity contribution in [1.29, 1.82) is 0 Å². The van der Waals surface area contributed by atoms with E-state index in [-0.39, 0.29) is 23.8 Å². The third-order valence-corrected chi connectivity index (χ3v) is 5.13. The van der Waals surface area contributed by atoms with E-state index in [2.05, 4.69) is 10.6 Å². The number of hydrogen-bond donors (Lipinski definition) is 2. The van der Waals surface area contributed by atoms with Crippen LogP contribution in [0.1, 0.15) is 35.7 Å². The molecule has 2 aromatic carbocycles. The molecule has 0 unspecified atom stereocenters. The van der Waals surface area contributed by atoms with Crippen molar-refractivity contribution in [2.75, 3.05) is 13.1 Å². The molecular formula is C23H27N3O3. The van der Waals surface area contributed by atoms with Crippen LogP contribution in [0.25, 0.3) is 0 Å². The standard InChI is InChI=1S/C23H27N3O3/c1-17(27)24-21(16-18-8-4-2-5-9-18)22(28)25-20-12-14-26(15-13-20)23(29)19-10-6-3-7-11-19/h2-11,20-21H,12-16H2,1H3,(H,24,27)(H,25,28)/t21-/m1/s1. The van der Waals surface area contributed by atoms with E-state index >= 15 is 0 Å². The molecule has 0 radical (unpaired) electrons. The highest BCUT2D eigenvalue weighted by Gasteiger charge is 2.27. The number of carbonyl (C=O) groups is 3. The Morgan fingerprint density at radius 3 is 2.14 bits per heavy atom. The molecule has 0 aromatic heterocycles. The molecule has 1 heterocycles. The third-order valence-electron chi connectivity index (χ3n) is 5.13. The van der Waals surface area contributed by atoms with Gasteiger partial charge < -0.3 is 15.5 Å². The van der Waals surface area contributed by atoms with Gasteiger partial charge in [0.15, 0.2) is 0 Å². The van der Waals surface area contributed by atoms with Gasteiger partial charge in [-0.05, 0) is 30.5 Å². The summed E-state index contributed by atoms with van der Waals surface area (Å²) in [4.78, 5) is 38.7. The lowest BCUT2D eigenvalue weighted by molar-refractivity contribution is -0.128. The van der Waals surface area contributed by atoms with Crippen molar-refractivity contribution >= 4 is 17.7 Å². The Kier molecular flexibility index (Phi) is 7.00. The zero-order valence-electron chi connectivity index (χ0n) is 16.6. The Morgan fingerprint density at radius 2 is 1.55 bits per heavy atom. The van der Waals surface area contributed by atoms with Crippen LogP contribution < -0.4 is 10.6 Å². The Hall–Kier alpha value is -3.15. The van der Waals surface area contributed by atoms with E-state index < -0.39 is 6.04 Å². The molecule has 2 N–H and O–H groups in total. The average Bonchev–Trinajstić information content (AvgIpc) is 2.74. The second-order valence-electron chi connectivity index (χ2n) is 7.38. The van der Waals surface area contributed by atoms with Gasteiger partial charge >= 0.3 is 0 Å². The van der Waals surface area contributed by atoms with E-state index in [1.54, 1.807) is 0 Å². The maximum absolute atomic E-state index is 12.8. The molecule has 1 saturated heterocycles. The number of amides is 3. The number of hydrogen-bond acceptors (Lipinski definition) is 3. The molecule has 29 heavy (non-hydrogen) atoms. The molecule has 0 saturated carbocycles. The maximum Gasteiger partial charge on any atom is 0.253 e. The fourth-order valence-electron chi connectivity index (χ4n) is 3.60. The van der Waals surface area contributed by atoms with E-state index in [4.69, 9.17) is 0 Å². The van der Waals surface area contributed by atoms with Crippen molar-refractivity contribution in [2.24, 2.45) is 0 Å². The molecule has 152 valence electrons. The first-order valence-electron chi connectivity index (χ1n) is 9.98. The lowest BCUT2D eigenvalue weighted by atomic mass is 10.0. The van der Waals surface area contributed by atoms with E-state index in [0.29, 0.717) is 37.9 Å². The number of piperidine rings is 1. The van der Waals surface area contributed by atoms with E-state index in [1.165, 1.54) is 6.92 Å². The Morgan fingerprint density at radius 1 is 0.966 bits per heavy atom. The molecule has 6 nitrogen and oxygen atoms in total. The average molecular weight is 393 g/mol. The van der Waals surface area contributed by atoms with Crippen LogP contribution in [0.5, 0.6) is 0 Å². The molecule has 1 fully saturated rings. The maximum atomic E-state index is 12.8. The van der Waals surface area contributed by atoms with Gasteiger partial charge in [-0.15, -0.1) is 0 Å². The fraction of sp³-hybridized carbons (Fsp3) is 0.348. The minimum absolute atomic E-state index is 0.00523. The Bertz CT molecular complexity index is 831. The molecule has 0 bridgehead atoms. The third kappa shape index (κ3) is 5.91. The number of nitrogens with one attached hydrogen (secondary N) is 2. The van der Waals surface area contributed by atoms with Crippen molar-refractivity contribution in [2.45, 2.75) is 38.3 Å². The van der Waals surface area contributed by atoms with Crippen LogP contribution in [0, 0.1) is 0 Å². The number of rotatable bonds is 6. The van der Waals surface area contributed by atoms with Gasteiger partial charge in [-0.25, -0.2) is 0 Å². The topological polar surface area (TPSA) is 78.5 Å². The van der Waals surface area contributed by atoms with Crippen LogP contribution in [-0.2, 0) is 16.0 Å². The summed E-state index contributed by atoms with van der Waals surface area (Å²) in [5.41, 5.74) is 1.67. The summed E-state index contributed by atoms with van der Waals surface area (Å²) in [5.74, 6) is -0.392. The van der Waals surface area contributed by atoms with Crippen molar-refractivity contribution in [3.05, 3.63) is 71.8 Å². The SMILES string of the molecule is CC(=O)N[C@H](Cc1ccccc1)C(=O)NC1CCN(C(=O)c2ccccc2)CC1. The highest BCUT2D eigenvalue weighted by molar-refractivity contribution is 5.94. The molecule has 6 heteroatoms. The van der Waals surface area contributed by atoms with Gasteiger partial charge in [-0.2, -0.15) is 0 Å². The van der Waals surface area contributed by atoms with Crippen LogP contribution >= 0.6 is 0 Å². The first-order valence-corrected chi connectivity index (χ1v) is 9.98. The first kappa shape index (κ1) is 20.6. The first-order chi connectivity index (χ1) is 14.0. The minimum Gasteiger partial charge on any atom is -0.351 e. The van der Waals surface area contributed by atoms with Crippen molar-refractivity contribution in [3.8, 4) is 0 Å². The van der Waals surface area contributed by atoms with Crippen molar-refractivity contribution in [3.63, 3.8) is 0 Å². The van der Waals surface area contributed by atoms with Crippen molar-refractivity contribution in [1.82, 2.24) is 15.5 Å². The Balaban J connectivity index is 1.54. The van der Waals surface area contributed by atoms with Gasteiger partial charge in [0.25, 0.3) is 5.91 Å². The quantitative estimate of drug-likeness (QED) is 0.789. The molecule has 0 aliphatic carbocycles. The summed E-state index contributed by atoms with van der Waals surface area (Å²) < 4.78 is 0. The molecule has 2 aromatic rings. The lowest BCUT2D eigenvalue weighted by Crippen LogP contribution is -2.53. The van der Waals surface area contributed by atoms with Gasteiger partial charge in [-0.3, -0.25) is 14.4 Å². The summed E-state index contributed by atoms with van der Waals surface area (Å²) in [6.07, 6.45) is 1.84. The fourth-order valence-corrected chi connectivity index (χ4v) is 3.60. The number of benzene rings is 2. The normalized spacial score (nSPS) is 15.4. The van der Waals surface area contributed by atoms with Crippen LogP contribution in [0.3, 0.4) is 0 Å². The largest absolute Gasteiger partial charge is 0.351 e. The minimum atomic E-state index is -0.612. The zero-order valence-corrected chi connectivity index (χ0v) is 16.6. The predicted octanol–water partition coefficient (Wildman–Crippen LogP) is 2.15. The van der Waals surface area contributed by atoms with E-state index in [9.17, 15) is 14.4 Å². The second kappa shape index (κ2) is 9.87. The van der Waals surface area contributed by atoms with Gasteiger partial charge in [0.2, 0.25) is 11.8 Å². The summed E-state index contributed by atoms with van der Waals surface area (Å²) >= 11 is 0. The van der Waals surface area contributed by atoms with Gasteiger partial charge in [0.1, 0.15) is 6.04 Å². The van der Waals surface area contributed by atoms with Crippen molar-refractivity contribution < 1.29 is 14.4 Å². The second-order valence-corrected chi connectivity index (χ2v) is 7.38. The highest BCUT2D eigenvalue weighted by Crippen LogP contribution is 2.14.